The van der Waals surface area contributed by atoms with Crippen LogP contribution in [0.5, 0.6) is 0 Å². The summed E-state index contributed by atoms with van der Waals surface area (Å²) in [6, 6.07) is 19.0. The van der Waals surface area contributed by atoms with Gasteiger partial charge in [-0.2, -0.15) is 0 Å². The quantitative estimate of drug-likeness (QED) is 0.399. The van der Waals surface area contributed by atoms with Crippen LogP contribution in [0.2, 0.25) is 0 Å². The fraction of sp³-hybridized carbons (Fsp3) is 0.188. The normalized spacial score (nSPS) is 19.5. The van der Waals surface area contributed by atoms with Gasteiger partial charge in [-0.15, -0.1) is 0 Å². The van der Waals surface area contributed by atoms with Gasteiger partial charge in [-0.1, -0.05) is 85.0 Å². The van der Waals surface area contributed by atoms with E-state index in [0.717, 1.165) is 44.5 Å². The van der Waals surface area contributed by atoms with Crippen molar-refractivity contribution in [3.8, 4) is 0 Å². The average molecular weight is 629 g/mol. The number of rotatable bonds is 8. The van der Waals surface area contributed by atoms with E-state index in [1.807, 2.05) is 72.8 Å². The minimum atomic E-state index is -0.526. The molecule has 0 saturated carbocycles. The van der Waals surface area contributed by atoms with Gasteiger partial charge in [0.05, 0.1) is 9.81 Å². The molecule has 12 heteroatoms. The first kappa shape index (κ1) is 30.8. The fourth-order valence-corrected chi connectivity index (χ4v) is 6.18. The number of nitrogens with zero attached hydrogens (tertiary/aromatic N) is 4. The molecule has 6 amide bonds. The first-order valence-electron chi connectivity index (χ1n) is 13.8. The lowest BCUT2D eigenvalue weighted by Crippen LogP contribution is -2.54. The summed E-state index contributed by atoms with van der Waals surface area (Å²) < 4.78 is 0. The molecule has 5 rings (SSSR count). The van der Waals surface area contributed by atoms with E-state index < -0.39 is 34.1 Å². The highest BCUT2D eigenvalue weighted by molar-refractivity contribution is 8.18. The van der Waals surface area contributed by atoms with E-state index in [-0.39, 0.29) is 49.1 Å². The van der Waals surface area contributed by atoms with Crippen LogP contribution in [0.25, 0.3) is 12.2 Å². The molecule has 0 spiro atoms. The number of thioether (sulfide) groups is 2. The smallest absolute Gasteiger partial charge is 0.294 e. The monoisotopic (exact) mass is 628 g/mol. The summed E-state index contributed by atoms with van der Waals surface area (Å²) in [7, 11) is 0. The van der Waals surface area contributed by atoms with Gasteiger partial charge < -0.3 is 9.80 Å². The van der Waals surface area contributed by atoms with Crippen molar-refractivity contribution in [3.63, 3.8) is 0 Å². The van der Waals surface area contributed by atoms with Crippen molar-refractivity contribution in [2.24, 2.45) is 0 Å². The molecule has 0 aliphatic carbocycles. The van der Waals surface area contributed by atoms with Gasteiger partial charge in [0.15, 0.2) is 0 Å². The lowest BCUT2D eigenvalue weighted by molar-refractivity contribution is -0.142. The second-order valence-electron chi connectivity index (χ2n) is 9.88. The Morgan fingerprint density at radius 3 is 1.32 bits per heavy atom. The maximum absolute atomic E-state index is 12.9. The Bertz CT molecular complexity index is 1480. The van der Waals surface area contributed by atoms with E-state index in [9.17, 15) is 28.8 Å². The van der Waals surface area contributed by atoms with E-state index in [4.69, 9.17) is 0 Å². The van der Waals surface area contributed by atoms with Gasteiger partial charge in [0.2, 0.25) is 11.8 Å². The summed E-state index contributed by atoms with van der Waals surface area (Å²) in [6.07, 6.45) is 10.1. The molecule has 0 radical (unpaired) electrons. The molecule has 3 heterocycles. The number of amides is 6. The molecular formula is C32H28N4O6S2. The number of hydrogen-bond donors (Lipinski definition) is 0. The Labute approximate surface area is 262 Å². The SMILES string of the molecule is O=C(CN1C(=O)S/C(=C\C=C\c2ccccc2)C1=O)N1CCN(C(=O)CN2C(=O)S/C(=C\C=C\c3ccccc3)C2=O)CC1. The van der Waals surface area contributed by atoms with Crippen LogP contribution in [0.1, 0.15) is 11.1 Å². The maximum Gasteiger partial charge on any atom is 0.294 e. The number of carbonyl (C=O) groups is 6. The highest BCUT2D eigenvalue weighted by Gasteiger charge is 2.39. The van der Waals surface area contributed by atoms with Crippen molar-refractivity contribution in [1.82, 2.24) is 19.6 Å². The van der Waals surface area contributed by atoms with Crippen molar-refractivity contribution < 1.29 is 28.8 Å². The summed E-state index contributed by atoms with van der Waals surface area (Å²) in [5.74, 6) is -1.86. The second kappa shape index (κ2) is 14.2. The van der Waals surface area contributed by atoms with Crippen LogP contribution in [-0.2, 0) is 19.2 Å². The Hall–Kier alpha value is -4.68. The van der Waals surface area contributed by atoms with Crippen LogP contribution in [0.15, 0.2) is 94.8 Å². The van der Waals surface area contributed by atoms with Gasteiger partial charge in [0.1, 0.15) is 13.1 Å². The number of allylic oxidation sites excluding steroid dienone is 4. The van der Waals surface area contributed by atoms with Crippen LogP contribution in [0, 0.1) is 0 Å². The standard InChI is InChI=1S/C32H28N4O6S2/c37-27(21-35-29(39)25(43-31(35)41)15-7-13-23-9-3-1-4-10-23)33-17-19-34(20-18-33)28(38)22-36-30(40)26(44-32(36)42)16-8-14-24-11-5-2-6-12-24/h1-16H,17-22H2/b13-7+,14-8+,25-15-,26-16-. The molecule has 3 aliphatic heterocycles. The first-order chi connectivity index (χ1) is 21.3. The second-order valence-corrected chi connectivity index (χ2v) is 11.9. The molecule has 10 nitrogen and oxygen atoms in total. The Morgan fingerprint density at radius 2 is 0.955 bits per heavy atom. The predicted octanol–water partition coefficient (Wildman–Crippen LogP) is 4.24. The molecule has 3 aliphatic rings. The minimum Gasteiger partial charge on any atom is -0.338 e. The summed E-state index contributed by atoms with van der Waals surface area (Å²) in [5.41, 5.74) is 1.89. The summed E-state index contributed by atoms with van der Waals surface area (Å²) >= 11 is 1.57. The average Bonchev–Trinajstić information content (AvgIpc) is 3.46. The van der Waals surface area contributed by atoms with E-state index in [1.54, 1.807) is 24.3 Å². The molecule has 3 saturated heterocycles. The van der Waals surface area contributed by atoms with Crippen LogP contribution in [0.3, 0.4) is 0 Å². The number of hydrogen-bond acceptors (Lipinski definition) is 8. The Morgan fingerprint density at radius 1 is 0.591 bits per heavy atom. The summed E-state index contributed by atoms with van der Waals surface area (Å²) in [4.78, 5) is 81.6. The highest BCUT2D eigenvalue weighted by Crippen LogP contribution is 2.31. The van der Waals surface area contributed by atoms with Crippen LogP contribution in [0.4, 0.5) is 9.59 Å². The van der Waals surface area contributed by atoms with Crippen molar-refractivity contribution in [3.05, 3.63) is 106 Å². The van der Waals surface area contributed by atoms with Crippen molar-refractivity contribution in [2.75, 3.05) is 39.3 Å². The zero-order chi connectivity index (χ0) is 31.1. The lowest BCUT2D eigenvalue weighted by Gasteiger charge is -2.35. The third-order valence-corrected chi connectivity index (χ3v) is 8.84. The van der Waals surface area contributed by atoms with E-state index >= 15 is 0 Å². The largest absolute Gasteiger partial charge is 0.338 e. The highest BCUT2D eigenvalue weighted by atomic mass is 32.2. The summed E-state index contributed by atoms with van der Waals surface area (Å²) in [6.45, 7) is 0.0104. The van der Waals surface area contributed by atoms with Gasteiger partial charge in [-0.3, -0.25) is 38.6 Å². The van der Waals surface area contributed by atoms with Crippen molar-refractivity contribution >= 4 is 69.8 Å². The van der Waals surface area contributed by atoms with E-state index in [2.05, 4.69) is 0 Å². The minimum absolute atomic E-state index is 0.197. The zero-order valence-corrected chi connectivity index (χ0v) is 25.2. The number of benzene rings is 2. The summed E-state index contributed by atoms with van der Waals surface area (Å²) in [5, 5.41) is -1.03. The van der Waals surface area contributed by atoms with E-state index in [0.29, 0.717) is 0 Å². The molecule has 0 bridgehead atoms. The molecular weight excluding hydrogens is 601 g/mol. The number of imide groups is 2. The Kier molecular flexibility index (Phi) is 9.93. The first-order valence-corrected chi connectivity index (χ1v) is 15.4. The van der Waals surface area contributed by atoms with Gasteiger partial charge in [-0.05, 0) is 46.8 Å². The third kappa shape index (κ3) is 7.44. The lowest BCUT2D eigenvalue weighted by atomic mass is 10.2. The van der Waals surface area contributed by atoms with Crippen LogP contribution in [-0.4, -0.2) is 93.0 Å². The molecule has 224 valence electrons. The van der Waals surface area contributed by atoms with Gasteiger partial charge >= 0.3 is 0 Å². The van der Waals surface area contributed by atoms with Crippen molar-refractivity contribution in [1.29, 1.82) is 0 Å². The Balaban J connectivity index is 1.09. The molecule has 44 heavy (non-hydrogen) atoms. The fourth-order valence-electron chi connectivity index (χ4n) is 4.60. The molecule has 2 aromatic rings. The molecule has 0 aromatic heterocycles. The predicted molar refractivity (Wildman–Crippen MR) is 170 cm³/mol. The number of piperazine rings is 1. The van der Waals surface area contributed by atoms with Crippen molar-refractivity contribution in [2.45, 2.75) is 0 Å². The molecule has 0 unspecified atom stereocenters. The third-order valence-electron chi connectivity index (χ3n) is 6.99. The topological polar surface area (TPSA) is 115 Å². The van der Waals surface area contributed by atoms with Gasteiger partial charge in [0, 0.05) is 26.2 Å². The van der Waals surface area contributed by atoms with Gasteiger partial charge in [-0.25, -0.2) is 0 Å². The molecule has 0 atom stereocenters. The van der Waals surface area contributed by atoms with Crippen LogP contribution < -0.4 is 0 Å². The number of carbonyl (C=O) groups excluding carboxylic acids is 6. The maximum atomic E-state index is 12.9. The van der Waals surface area contributed by atoms with E-state index in [1.165, 1.54) is 9.80 Å². The molecule has 3 fully saturated rings. The van der Waals surface area contributed by atoms with Gasteiger partial charge in [0.25, 0.3) is 22.3 Å². The molecule has 0 N–H and O–H groups in total. The zero-order valence-electron chi connectivity index (χ0n) is 23.5. The van der Waals surface area contributed by atoms with Crippen LogP contribution >= 0.6 is 23.5 Å². The molecule has 2 aromatic carbocycles.